The van der Waals surface area contributed by atoms with E-state index in [-0.39, 0.29) is 12.0 Å². The summed E-state index contributed by atoms with van der Waals surface area (Å²) in [6, 6.07) is 4.63. The second kappa shape index (κ2) is 4.52. The van der Waals surface area contributed by atoms with E-state index in [1.807, 2.05) is 0 Å². The standard InChI is InChI=1S/C10H9F3O3/c11-10(12,13)9(16)7-3-1-6(2-4-7)5-8(14)15/h1-4,9,16H,5H2,(H,14,15). The van der Waals surface area contributed by atoms with Crippen molar-refractivity contribution in [2.45, 2.75) is 18.7 Å². The van der Waals surface area contributed by atoms with Crippen molar-refractivity contribution < 1.29 is 28.2 Å². The summed E-state index contributed by atoms with van der Waals surface area (Å²) in [6.45, 7) is 0. The lowest BCUT2D eigenvalue weighted by molar-refractivity contribution is -0.206. The van der Waals surface area contributed by atoms with Crippen LogP contribution >= 0.6 is 0 Å². The molecule has 1 atom stereocenters. The highest BCUT2D eigenvalue weighted by molar-refractivity contribution is 5.70. The van der Waals surface area contributed by atoms with Crippen molar-refractivity contribution in [1.29, 1.82) is 0 Å². The van der Waals surface area contributed by atoms with Crippen LogP contribution in [-0.2, 0) is 11.2 Å². The van der Waals surface area contributed by atoms with E-state index in [1.54, 1.807) is 0 Å². The van der Waals surface area contributed by atoms with E-state index < -0.39 is 18.2 Å². The van der Waals surface area contributed by atoms with Gasteiger partial charge in [0.2, 0.25) is 0 Å². The summed E-state index contributed by atoms with van der Waals surface area (Å²) in [5.41, 5.74) is 0.0762. The molecule has 0 aliphatic heterocycles. The van der Waals surface area contributed by atoms with Crippen LogP contribution in [0.5, 0.6) is 0 Å². The predicted octanol–water partition coefficient (Wildman–Crippen LogP) is 1.91. The van der Waals surface area contributed by atoms with Crippen LogP contribution in [0.1, 0.15) is 17.2 Å². The summed E-state index contributed by atoms with van der Waals surface area (Å²) in [4.78, 5) is 10.3. The molecule has 0 spiro atoms. The number of hydrogen-bond donors (Lipinski definition) is 2. The molecule has 2 N–H and O–H groups in total. The number of carbonyl (C=O) groups is 1. The quantitative estimate of drug-likeness (QED) is 0.839. The fraction of sp³-hybridized carbons (Fsp3) is 0.300. The number of hydrogen-bond acceptors (Lipinski definition) is 2. The highest BCUT2D eigenvalue weighted by Gasteiger charge is 2.39. The number of aliphatic hydroxyl groups excluding tert-OH is 1. The summed E-state index contributed by atoms with van der Waals surface area (Å²) in [5.74, 6) is -1.07. The first kappa shape index (κ1) is 12.5. The normalized spacial score (nSPS) is 13.5. The maximum absolute atomic E-state index is 12.1. The Bertz CT molecular complexity index is 370. The van der Waals surface area contributed by atoms with Crippen molar-refractivity contribution in [1.82, 2.24) is 0 Å². The molecule has 0 aromatic heterocycles. The van der Waals surface area contributed by atoms with Crippen molar-refractivity contribution >= 4 is 5.97 Å². The molecular formula is C10H9F3O3. The Morgan fingerprint density at radius 1 is 1.25 bits per heavy atom. The van der Waals surface area contributed by atoms with Crippen molar-refractivity contribution in [2.24, 2.45) is 0 Å². The molecule has 1 rings (SSSR count). The lowest BCUT2D eigenvalue weighted by Crippen LogP contribution is -2.20. The Hall–Kier alpha value is -1.56. The summed E-state index contributed by atoms with van der Waals surface area (Å²) in [5, 5.41) is 17.3. The predicted molar refractivity (Wildman–Crippen MR) is 48.8 cm³/mol. The molecule has 1 unspecified atom stereocenters. The number of aliphatic carboxylic acids is 1. The molecule has 88 valence electrons. The van der Waals surface area contributed by atoms with Gasteiger partial charge in [0.15, 0.2) is 6.10 Å². The summed E-state index contributed by atoms with van der Waals surface area (Å²) >= 11 is 0. The van der Waals surface area contributed by atoms with Gasteiger partial charge in [0, 0.05) is 0 Å². The molecule has 3 nitrogen and oxygen atoms in total. The van der Waals surface area contributed by atoms with E-state index in [0.717, 1.165) is 12.1 Å². The lowest BCUT2D eigenvalue weighted by atomic mass is 10.1. The summed E-state index contributed by atoms with van der Waals surface area (Å²) in [6.07, 6.45) is -7.51. The van der Waals surface area contributed by atoms with Gasteiger partial charge in [-0.2, -0.15) is 13.2 Å². The van der Waals surface area contributed by atoms with Crippen LogP contribution in [0.2, 0.25) is 0 Å². The average Bonchev–Trinajstić information content (AvgIpc) is 2.15. The van der Waals surface area contributed by atoms with Crippen molar-refractivity contribution in [2.75, 3.05) is 0 Å². The summed E-state index contributed by atoms with van der Waals surface area (Å²) in [7, 11) is 0. The van der Waals surface area contributed by atoms with Gasteiger partial charge in [0.1, 0.15) is 0 Å². The second-order valence-corrected chi connectivity index (χ2v) is 3.26. The van der Waals surface area contributed by atoms with Gasteiger partial charge in [-0.3, -0.25) is 4.79 Å². The minimum Gasteiger partial charge on any atom is -0.481 e. The van der Waals surface area contributed by atoms with E-state index in [2.05, 4.69) is 0 Å². The molecule has 0 bridgehead atoms. The molecule has 1 aromatic rings. The first-order chi connectivity index (χ1) is 7.30. The molecule has 6 heteroatoms. The average molecular weight is 234 g/mol. The molecular weight excluding hydrogens is 225 g/mol. The first-order valence-corrected chi connectivity index (χ1v) is 4.36. The van der Waals surface area contributed by atoms with Crippen LogP contribution in [0.15, 0.2) is 24.3 Å². The van der Waals surface area contributed by atoms with Crippen LogP contribution in [0.3, 0.4) is 0 Å². The van der Waals surface area contributed by atoms with Crippen molar-refractivity contribution in [3.05, 3.63) is 35.4 Å². The Morgan fingerprint density at radius 3 is 2.12 bits per heavy atom. The second-order valence-electron chi connectivity index (χ2n) is 3.26. The fourth-order valence-corrected chi connectivity index (χ4v) is 1.18. The Balaban J connectivity index is 2.83. The van der Waals surface area contributed by atoms with Gasteiger partial charge >= 0.3 is 12.1 Å². The third-order valence-electron chi connectivity index (χ3n) is 1.96. The van der Waals surface area contributed by atoms with E-state index in [0.29, 0.717) is 5.56 Å². The smallest absolute Gasteiger partial charge is 0.418 e. The molecule has 0 aliphatic carbocycles. The van der Waals surface area contributed by atoms with E-state index in [4.69, 9.17) is 10.2 Å². The molecule has 16 heavy (non-hydrogen) atoms. The van der Waals surface area contributed by atoms with Crippen LogP contribution in [0.4, 0.5) is 13.2 Å². The number of alkyl halides is 3. The molecule has 0 amide bonds. The van der Waals surface area contributed by atoms with E-state index in [1.165, 1.54) is 12.1 Å². The largest absolute Gasteiger partial charge is 0.481 e. The molecule has 0 fully saturated rings. The maximum atomic E-state index is 12.1. The van der Waals surface area contributed by atoms with E-state index >= 15 is 0 Å². The first-order valence-electron chi connectivity index (χ1n) is 4.36. The zero-order chi connectivity index (χ0) is 12.3. The molecule has 0 heterocycles. The molecule has 0 saturated heterocycles. The maximum Gasteiger partial charge on any atom is 0.418 e. The molecule has 0 radical (unpaired) electrons. The topological polar surface area (TPSA) is 57.5 Å². The van der Waals surface area contributed by atoms with Crippen LogP contribution in [0.25, 0.3) is 0 Å². The monoisotopic (exact) mass is 234 g/mol. The van der Waals surface area contributed by atoms with Gasteiger partial charge in [-0.05, 0) is 11.1 Å². The van der Waals surface area contributed by atoms with Crippen LogP contribution in [0, 0.1) is 0 Å². The third-order valence-corrected chi connectivity index (χ3v) is 1.96. The van der Waals surface area contributed by atoms with Crippen molar-refractivity contribution in [3.8, 4) is 0 Å². The molecule has 0 saturated carbocycles. The van der Waals surface area contributed by atoms with Crippen molar-refractivity contribution in [3.63, 3.8) is 0 Å². The number of carboxylic acids is 1. The van der Waals surface area contributed by atoms with Crippen LogP contribution in [-0.4, -0.2) is 22.4 Å². The van der Waals surface area contributed by atoms with Crippen LogP contribution < -0.4 is 0 Å². The highest BCUT2D eigenvalue weighted by Crippen LogP contribution is 2.32. The summed E-state index contributed by atoms with van der Waals surface area (Å²) < 4.78 is 36.3. The number of benzene rings is 1. The zero-order valence-corrected chi connectivity index (χ0v) is 8.03. The van der Waals surface area contributed by atoms with Gasteiger partial charge in [-0.25, -0.2) is 0 Å². The molecule has 0 aliphatic rings. The SMILES string of the molecule is O=C(O)Cc1ccc(C(O)C(F)(F)F)cc1. The number of rotatable bonds is 3. The Labute approximate surface area is 89.1 Å². The van der Waals surface area contributed by atoms with Gasteiger partial charge in [-0.15, -0.1) is 0 Å². The third kappa shape index (κ3) is 3.23. The minimum absolute atomic E-state index is 0.262. The van der Waals surface area contributed by atoms with Gasteiger partial charge in [0.05, 0.1) is 6.42 Å². The fourth-order valence-electron chi connectivity index (χ4n) is 1.18. The zero-order valence-electron chi connectivity index (χ0n) is 8.03. The highest BCUT2D eigenvalue weighted by atomic mass is 19.4. The lowest BCUT2D eigenvalue weighted by Gasteiger charge is -2.14. The van der Waals surface area contributed by atoms with Gasteiger partial charge < -0.3 is 10.2 Å². The Morgan fingerprint density at radius 2 is 1.75 bits per heavy atom. The number of halogens is 3. The molecule has 1 aromatic carbocycles. The minimum atomic E-state index is -4.71. The number of carboxylic acid groups (broad SMARTS) is 1. The number of aliphatic hydroxyl groups is 1. The van der Waals surface area contributed by atoms with Gasteiger partial charge in [-0.1, -0.05) is 24.3 Å². The van der Waals surface area contributed by atoms with Gasteiger partial charge in [0.25, 0.3) is 0 Å². The Kier molecular flexibility index (Phi) is 3.54. The van der Waals surface area contributed by atoms with E-state index in [9.17, 15) is 18.0 Å².